The summed E-state index contributed by atoms with van der Waals surface area (Å²) in [5.41, 5.74) is 12.7. The number of likely N-dealkylation sites (tertiary alicyclic amines) is 1. The van der Waals surface area contributed by atoms with Crippen LogP contribution in [-0.2, 0) is 9.59 Å². The predicted octanol–water partition coefficient (Wildman–Crippen LogP) is 1.10. The molecule has 0 bridgehead atoms. The van der Waals surface area contributed by atoms with Gasteiger partial charge in [-0.2, -0.15) is 0 Å². The van der Waals surface area contributed by atoms with Crippen molar-refractivity contribution in [3.63, 3.8) is 0 Å². The van der Waals surface area contributed by atoms with Gasteiger partial charge in [0.05, 0.1) is 5.92 Å². The molecule has 1 fully saturated rings. The first kappa shape index (κ1) is 14.4. The molecule has 0 radical (unpaired) electrons. The van der Waals surface area contributed by atoms with E-state index in [-0.39, 0.29) is 23.7 Å². The summed E-state index contributed by atoms with van der Waals surface area (Å²) in [6, 6.07) is 7.58. The maximum absolute atomic E-state index is 12.2. The van der Waals surface area contributed by atoms with E-state index in [1.54, 1.807) is 4.90 Å². The predicted molar refractivity (Wildman–Crippen MR) is 77.8 cm³/mol. The highest BCUT2D eigenvalue weighted by molar-refractivity contribution is 5.81. The van der Waals surface area contributed by atoms with Gasteiger partial charge in [0, 0.05) is 25.2 Å². The molecule has 1 aliphatic rings. The molecule has 20 heavy (non-hydrogen) atoms. The second kappa shape index (κ2) is 5.94. The fraction of sp³-hybridized carbons (Fsp3) is 0.467. The molecule has 1 aromatic rings. The molecule has 5 heteroatoms. The average Bonchev–Trinajstić information content (AvgIpc) is 2.89. The lowest BCUT2D eigenvalue weighted by molar-refractivity contribution is -0.130. The highest BCUT2D eigenvalue weighted by atomic mass is 16.2. The molecule has 2 rings (SSSR count). The number of hydrogen-bond acceptors (Lipinski definition) is 3. The number of nitrogens with two attached hydrogens (primary N) is 2. The van der Waals surface area contributed by atoms with Gasteiger partial charge in [0.25, 0.3) is 0 Å². The number of primary amides is 1. The smallest absolute Gasteiger partial charge is 0.223 e. The van der Waals surface area contributed by atoms with E-state index in [9.17, 15) is 9.59 Å². The van der Waals surface area contributed by atoms with E-state index < -0.39 is 0 Å². The number of amides is 2. The van der Waals surface area contributed by atoms with E-state index >= 15 is 0 Å². The van der Waals surface area contributed by atoms with Gasteiger partial charge in [-0.05, 0) is 30.0 Å². The van der Waals surface area contributed by atoms with Gasteiger partial charge in [0.15, 0.2) is 0 Å². The van der Waals surface area contributed by atoms with Gasteiger partial charge in [0.2, 0.25) is 11.8 Å². The van der Waals surface area contributed by atoms with E-state index in [0.29, 0.717) is 25.9 Å². The molecular weight excluding hydrogens is 254 g/mol. The molecule has 1 aliphatic heterocycles. The lowest BCUT2D eigenvalue weighted by Crippen LogP contribution is -2.32. The molecule has 0 saturated carbocycles. The SMILES string of the molecule is CC(CC(=O)N1CCC(C(N)=O)C1)c1ccc(N)cc1. The number of carbonyl (C=O) groups excluding carboxylic acids is 2. The van der Waals surface area contributed by atoms with E-state index in [2.05, 4.69) is 0 Å². The number of rotatable bonds is 4. The monoisotopic (exact) mass is 275 g/mol. The minimum absolute atomic E-state index is 0.0816. The van der Waals surface area contributed by atoms with Crippen LogP contribution in [0.2, 0.25) is 0 Å². The summed E-state index contributed by atoms with van der Waals surface area (Å²) in [6.45, 7) is 3.11. The summed E-state index contributed by atoms with van der Waals surface area (Å²) in [7, 11) is 0. The molecule has 1 saturated heterocycles. The minimum atomic E-state index is -0.313. The van der Waals surface area contributed by atoms with Crippen LogP contribution in [0, 0.1) is 5.92 Å². The van der Waals surface area contributed by atoms with Gasteiger partial charge < -0.3 is 16.4 Å². The van der Waals surface area contributed by atoms with Crippen molar-refractivity contribution in [3.05, 3.63) is 29.8 Å². The molecule has 2 unspecified atom stereocenters. The third-order valence-corrected chi connectivity index (χ3v) is 3.93. The lowest BCUT2D eigenvalue weighted by Gasteiger charge is -2.19. The Bertz CT molecular complexity index is 498. The van der Waals surface area contributed by atoms with Crippen molar-refractivity contribution in [2.45, 2.75) is 25.7 Å². The Balaban J connectivity index is 1.91. The van der Waals surface area contributed by atoms with Crippen molar-refractivity contribution in [1.29, 1.82) is 0 Å². The second-order valence-corrected chi connectivity index (χ2v) is 5.50. The highest BCUT2D eigenvalue weighted by Crippen LogP contribution is 2.23. The van der Waals surface area contributed by atoms with Gasteiger partial charge in [-0.1, -0.05) is 19.1 Å². The van der Waals surface area contributed by atoms with E-state index in [4.69, 9.17) is 11.5 Å². The third kappa shape index (κ3) is 3.29. The first-order chi connectivity index (χ1) is 9.47. The van der Waals surface area contributed by atoms with Crippen LogP contribution in [0.25, 0.3) is 0 Å². The van der Waals surface area contributed by atoms with E-state index in [0.717, 1.165) is 11.3 Å². The summed E-state index contributed by atoms with van der Waals surface area (Å²) < 4.78 is 0. The van der Waals surface area contributed by atoms with Crippen molar-refractivity contribution in [1.82, 2.24) is 4.90 Å². The van der Waals surface area contributed by atoms with Crippen molar-refractivity contribution in [2.75, 3.05) is 18.8 Å². The summed E-state index contributed by atoms with van der Waals surface area (Å²) in [5.74, 6) is -0.286. The zero-order valence-electron chi connectivity index (χ0n) is 11.7. The maximum Gasteiger partial charge on any atom is 0.223 e. The minimum Gasteiger partial charge on any atom is -0.399 e. The number of carbonyl (C=O) groups is 2. The van der Waals surface area contributed by atoms with Crippen LogP contribution in [0.3, 0.4) is 0 Å². The number of nitrogen functional groups attached to an aromatic ring is 1. The van der Waals surface area contributed by atoms with Gasteiger partial charge in [-0.3, -0.25) is 9.59 Å². The van der Waals surface area contributed by atoms with Crippen molar-refractivity contribution >= 4 is 17.5 Å². The molecule has 0 aliphatic carbocycles. The second-order valence-electron chi connectivity index (χ2n) is 5.50. The molecule has 5 nitrogen and oxygen atoms in total. The zero-order valence-corrected chi connectivity index (χ0v) is 11.7. The standard InChI is InChI=1S/C15H21N3O2/c1-10(11-2-4-13(16)5-3-11)8-14(19)18-7-6-12(9-18)15(17)20/h2-5,10,12H,6-9,16H2,1H3,(H2,17,20). The molecule has 1 aromatic carbocycles. The molecule has 108 valence electrons. The number of hydrogen-bond donors (Lipinski definition) is 2. The molecule has 4 N–H and O–H groups in total. The van der Waals surface area contributed by atoms with Crippen LogP contribution in [-0.4, -0.2) is 29.8 Å². The molecule has 0 aromatic heterocycles. The van der Waals surface area contributed by atoms with Gasteiger partial charge >= 0.3 is 0 Å². The van der Waals surface area contributed by atoms with Gasteiger partial charge in [0.1, 0.15) is 0 Å². The Labute approximate surface area is 118 Å². The third-order valence-electron chi connectivity index (χ3n) is 3.93. The largest absolute Gasteiger partial charge is 0.399 e. The first-order valence-corrected chi connectivity index (χ1v) is 6.90. The quantitative estimate of drug-likeness (QED) is 0.806. The topological polar surface area (TPSA) is 89.4 Å². The Morgan fingerprint density at radius 2 is 2.00 bits per heavy atom. The maximum atomic E-state index is 12.2. The molecule has 2 atom stereocenters. The Morgan fingerprint density at radius 3 is 2.55 bits per heavy atom. The van der Waals surface area contributed by atoms with E-state index in [1.807, 2.05) is 31.2 Å². The fourth-order valence-corrected chi connectivity index (χ4v) is 2.55. The number of anilines is 1. The van der Waals surface area contributed by atoms with Crippen molar-refractivity contribution < 1.29 is 9.59 Å². The van der Waals surface area contributed by atoms with Crippen LogP contribution >= 0.6 is 0 Å². The lowest BCUT2D eigenvalue weighted by atomic mass is 9.97. The molecule has 1 heterocycles. The summed E-state index contributed by atoms with van der Waals surface area (Å²) in [4.78, 5) is 25.1. The highest BCUT2D eigenvalue weighted by Gasteiger charge is 2.30. The Morgan fingerprint density at radius 1 is 1.35 bits per heavy atom. The molecular formula is C15H21N3O2. The van der Waals surface area contributed by atoms with Crippen LogP contribution < -0.4 is 11.5 Å². The zero-order chi connectivity index (χ0) is 14.7. The molecule has 2 amide bonds. The Kier molecular flexibility index (Phi) is 4.27. The Hall–Kier alpha value is -2.04. The van der Waals surface area contributed by atoms with Crippen LogP contribution in [0.15, 0.2) is 24.3 Å². The summed E-state index contributed by atoms with van der Waals surface area (Å²) in [6.07, 6.45) is 1.12. The average molecular weight is 275 g/mol. The number of benzene rings is 1. The van der Waals surface area contributed by atoms with Crippen LogP contribution in [0.1, 0.15) is 31.2 Å². The van der Waals surface area contributed by atoms with Crippen molar-refractivity contribution in [3.8, 4) is 0 Å². The van der Waals surface area contributed by atoms with Crippen LogP contribution in [0.4, 0.5) is 5.69 Å². The first-order valence-electron chi connectivity index (χ1n) is 6.90. The number of nitrogens with zero attached hydrogens (tertiary/aromatic N) is 1. The van der Waals surface area contributed by atoms with Gasteiger partial charge in [-0.15, -0.1) is 0 Å². The van der Waals surface area contributed by atoms with Crippen LogP contribution in [0.5, 0.6) is 0 Å². The normalized spacial score (nSPS) is 19.9. The fourth-order valence-electron chi connectivity index (χ4n) is 2.55. The van der Waals surface area contributed by atoms with E-state index in [1.165, 1.54) is 0 Å². The van der Waals surface area contributed by atoms with Crippen molar-refractivity contribution in [2.24, 2.45) is 11.7 Å². The summed E-state index contributed by atoms with van der Waals surface area (Å²) >= 11 is 0. The van der Waals surface area contributed by atoms with Gasteiger partial charge in [-0.25, -0.2) is 0 Å². The summed E-state index contributed by atoms with van der Waals surface area (Å²) in [5, 5.41) is 0. The molecule has 0 spiro atoms.